The van der Waals surface area contributed by atoms with Crippen LogP contribution in [0.25, 0.3) is 0 Å². The van der Waals surface area contributed by atoms with E-state index in [0.29, 0.717) is 0 Å². The van der Waals surface area contributed by atoms with Gasteiger partial charge in [-0.15, -0.1) is 0 Å². The zero-order chi connectivity index (χ0) is 106. The summed E-state index contributed by atoms with van der Waals surface area (Å²) in [6.45, 7) is 4.06. The Labute approximate surface area is 851 Å². The molecule has 25 nitrogen and oxygen atoms in total. The summed E-state index contributed by atoms with van der Waals surface area (Å²) in [4.78, 5) is 101. The number of hydrogen-bond acceptors (Lipinski definition) is 25. The van der Waals surface area contributed by atoms with Crippen molar-refractivity contribution in [2.24, 2.45) is 4.40 Å². The largest absolute Gasteiger partial charge is 0.858 e. The number of rotatable bonds is 19. The summed E-state index contributed by atoms with van der Waals surface area (Å²) in [5, 5.41) is 85.9. The first-order chi connectivity index (χ1) is 67.6. The Morgan fingerprint density at radius 1 is 0.364 bits per heavy atom. The number of benzene rings is 15. The Kier molecular flexibility index (Phi) is 47.5. The average molecular weight is 2130 g/mol. The van der Waals surface area contributed by atoms with Crippen molar-refractivity contribution in [1.29, 1.82) is 0 Å². The van der Waals surface area contributed by atoms with E-state index in [1.165, 1.54) is 108 Å². The molecule has 738 valence electrons. The molecule has 15 aromatic carbocycles. The zero-order valence-corrected chi connectivity index (χ0v) is 82.3. The van der Waals surface area contributed by atoms with Gasteiger partial charge in [0.05, 0.1) is 38.6 Å². The van der Waals surface area contributed by atoms with E-state index >= 15 is 0 Å². The molecule has 0 bridgehead atoms. The molecule has 0 saturated heterocycles. The third-order valence-corrected chi connectivity index (χ3v) is 26.9. The van der Waals surface area contributed by atoms with Crippen molar-refractivity contribution in [1.82, 2.24) is 0 Å². The quantitative estimate of drug-likeness (QED) is 0.0258. The first-order valence-corrected chi connectivity index (χ1v) is 50.1. The highest BCUT2D eigenvalue weighted by atomic mass is 35.5. The molecular formula is C105H77Cl4F3NO24S6-7. The van der Waals surface area contributed by atoms with Gasteiger partial charge < -0.3 is 78.7 Å². The smallest absolute Gasteiger partial charge is 0.485 e. The summed E-state index contributed by atoms with van der Waals surface area (Å²) in [7, 11) is -13.5. The van der Waals surface area contributed by atoms with Crippen molar-refractivity contribution in [3.8, 4) is 0 Å². The first-order valence-electron chi connectivity index (χ1n) is 40.9. The van der Waals surface area contributed by atoms with E-state index in [-0.39, 0.29) is 76.9 Å². The molecule has 0 saturated carbocycles. The monoisotopic (exact) mass is 2120 g/mol. The van der Waals surface area contributed by atoms with Gasteiger partial charge in [-0.25, -0.2) is 8.42 Å². The van der Waals surface area contributed by atoms with Gasteiger partial charge in [0.1, 0.15) is 17.9 Å². The van der Waals surface area contributed by atoms with Crippen LogP contribution in [0.3, 0.4) is 0 Å². The second-order valence-corrected chi connectivity index (χ2v) is 39.9. The number of carboxylic acids is 6. The van der Waals surface area contributed by atoms with Crippen LogP contribution in [-0.4, -0.2) is 99.8 Å². The van der Waals surface area contributed by atoms with Crippen LogP contribution in [0.1, 0.15) is 74.8 Å². The Balaban J connectivity index is 0.000000245. The summed E-state index contributed by atoms with van der Waals surface area (Å²) >= 11 is 28.3. The van der Waals surface area contributed by atoms with Crippen LogP contribution in [0, 0.1) is 13.8 Å². The standard InChI is InChI=1S/C19H15Cl2S.C18H13Cl2S.C14H12O3.C9H10O2.3C8H6O3.C7H5NO3S.C7H6O2.C6H6O2S2.CHF3O3S/c1-14-2-8-17(9-3-14)22(18-10-4-15(20)5-11-18)19-12-6-16(21)7-13-19;19-14-6-10-17(11-7-14)21(16-4-2-1-3-5-16)18-12-8-15(20)9-13-18;15-13(16)14(17,11-7-3-1-4-8-11)12-9-5-2-6-10-12;1-7-2-4-8(5-3-7)6-9(10)11;3*9-7(8(10)11)6-4-2-1-3-5-6;9-7-5-3-1-2-4-6(5)12(10,11)8-7;8-7(9)6-4-2-1-3-5-6;7-10(8,9)6-4-2-1-3-5-6;2-1(3,4)8(5,6)7/h2-13H,1H3;1-13H;1-10,17H,(H,15,16);2-5H,6H2,1H3,(H,10,11);3*1-5H,(H,10,11);1-4H,(H,8,9);1-5H,(H,8,9);1-5H,(H,7,8,9);(H,5,6,7)/q2*+1;;;;;;;;;/p-9. The van der Waals surface area contributed by atoms with E-state index < -0.39 is 99.1 Å². The fraction of sp³-hybridized carbons (Fsp3) is 0.0476. The first kappa shape index (κ1) is 117. The topological polar surface area (TPSA) is 479 Å². The molecule has 16 rings (SSSR count). The number of carbonyl (C=O) groups excluding carboxylic acids is 9. The number of aliphatic hydroxyl groups is 1. The van der Waals surface area contributed by atoms with Gasteiger partial charge in [0, 0.05) is 65.5 Å². The number of Topliss-reactive ketones (excluding diaryl/α,β-unsaturated/α-hetero) is 3. The maximum Gasteiger partial charge on any atom is 0.485 e. The molecule has 1 unspecified atom stereocenters. The van der Waals surface area contributed by atoms with E-state index in [9.17, 15) is 114 Å². The van der Waals surface area contributed by atoms with Crippen LogP contribution in [0.5, 0.6) is 0 Å². The van der Waals surface area contributed by atoms with E-state index in [1.54, 1.807) is 176 Å². The SMILES string of the molecule is Cc1ccc(CC(=O)[O-])cc1.Cc1ccc([S+](c2ccc(Cl)cc2)c2ccc(Cl)cc2)cc1.Clc1ccc([S+](c2ccccc2)c2ccc(Cl)cc2)cc1.O=C([O-])C(=O)c1ccccc1.O=C([O-])C(=O)c1ccccc1.O=C([O-])C(=O)c1ccccc1.O=C([O-])C(O)(c1ccccc1)c1ccccc1.O=C([O-])c1ccccc1.O=S(=O)([O-])C(F)(F)F.O=S([O-])(=S)c1ccccc1.O=S1(=O)N=C([O-])c2ccccc21. The van der Waals surface area contributed by atoms with Crippen LogP contribution in [0.15, 0.2) is 456 Å². The minimum absolute atomic E-state index is 0.000278. The number of fused-ring (bicyclic) bond motifs is 1. The molecule has 0 aromatic heterocycles. The Morgan fingerprint density at radius 2 is 0.608 bits per heavy atom. The van der Waals surface area contributed by atoms with E-state index in [4.69, 9.17) is 59.4 Å². The van der Waals surface area contributed by atoms with Gasteiger partial charge in [-0.3, -0.25) is 18.6 Å². The van der Waals surface area contributed by atoms with Crippen molar-refractivity contribution in [2.75, 3.05) is 0 Å². The predicted molar refractivity (Wildman–Crippen MR) is 524 cm³/mol. The summed E-state index contributed by atoms with van der Waals surface area (Å²) in [6, 6.07) is 121. The number of ketones is 3. The number of nitrogens with zero attached hydrogens (tertiary/aromatic N) is 1. The lowest BCUT2D eigenvalue weighted by Gasteiger charge is -2.30. The number of carboxylic acid groups (broad SMARTS) is 6. The zero-order valence-electron chi connectivity index (χ0n) is 74.3. The average Bonchev–Trinajstić information content (AvgIpc) is 1.41. The molecule has 0 spiro atoms. The van der Waals surface area contributed by atoms with Crippen LogP contribution < -0.4 is 35.7 Å². The van der Waals surface area contributed by atoms with Crippen molar-refractivity contribution < 1.29 is 127 Å². The number of hydrogen-bond donors (Lipinski definition) is 1. The summed E-state index contributed by atoms with van der Waals surface area (Å²) < 4.78 is 105. The second kappa shape index (κ2) is 58.0. The molecular weight excluding hydrogens is 2050 g/mol. The number of alkyl halides is 3. The van der Waals surface area contributed by atoms with Gasteiger partial charge in [0.2, 0.25) is 17.3 Å². The fourth-order valence-corrected chi connectivity index (χ4v) is 17.9. The second-order valence-electron chi connectivity index (χ2n) is 28.5. The highest BCUT2D eigenvalue weighted by Gasteiger charge is 2.37. The number of sulfonamides is 1. The molecule has 1 aliphatic rings. The lowest BCUT2D eigenvalue weighted by atomic mass is 9.86. The lowest BCUT2D eigenvalue weighted by molar-refractivity contribution is -0.323. The normalized spacial score (nSPS) is 11.4. The van der Waals surface area contributed by atoms with Crippen LogP contribution in [0.4, 0.5) is 13.2 Å². The van der Waals surface area contributed by atoms with Crippen LogP contribution >= 0.6 is 46.4 Å². The molecule has 143 heavy (non-hydrogen) atoms. The third-order valence-electron chi connectivity index (χ3n) is 18.2. The highest BCUT2D eigenvalue weighted by molar-refractivity contribution is 8.29. The minimum atomic E-state index is -6.09. The summed E-state index contributed by atoms with van der Waals surface area (Å²) in [6.07, 6.45) is 0.000278. The molecule has 1 N–H and O–H groups in total. The van der Waals surface area contributed by atoms with Gasteiger partial charge >= 0.3 is 5.51 Å². The lowest BCUT2D eigenvalue weighted by Crippen LogP contribution is -2.46. The number of aryl methyl sites for hydroxylation is 2. The Bertz CT molecular complexity index is 6750. The van der Waals surface area contributed by atoms with Gasteiger partial charge in [-0.2, -0.15) is 26.0 Å². The van der Waals surface area contributed by atoms with Gasteiger partial charge in [-0.1, -0.05) is 331 Å². The molecule has 0 aliphatic carbocycles. The molecule has 0 fully saturated rings. The van der Waals surface area contributed by atoms with Gasteiger partial charge in [0.15, 0.2) is 45.1 Å². The van der Waals surface area contributed by atoms with E-state index in [0.717, 1.165) is 31.2 Å². The summed E-state index contributed by atoms with van der Waals surface area (Å²) in [5.41, 5.74) is -3.18. The van der Waals surface area contributed by atoms with Gasteiger partial charge in [0.25, 0.3) is 10.0 Å². The maximum atomic E-state index is 11.3. The minimum Gasteiger partial charge on any atom is -0.858 e. The molecule has 1 aliphatic heterocycles. The third kappa shape index (κ3) is 39.8. The fourth-order valence-electron chi connectivity index (χ4n) is 11.3. The molecule has 15 aromatic rings. The van der Waals surface area contributed by atoms with Crippen molar-refractivity contribution >= 4 is 167 Å². The highest BCUT2D eigenvalue weighted by Crippen LogP contribution is 2.36. The number of aliphatic carboxylic acids is 5. The number of carbonyl (C=O) groups is 9. The summed E-state index contributed by atoms with van der Waals surface area (Å²) in [5.74, 6) is -12.3. The molecule has 1 atom stereocenters. The Morgan fingerprint density at radius 3 is 0.853 bits per heavy atom. The number of aromatic carboxylic acids is 1. The van der Waals surface area contributed by atoms with E-state index in [2.05, 4.69) is 120 Å². The van der Waals surface area contributed by atoms with Crippen molar-refractivity contribution in [3.05, 3.63) is 488 Å². The van der Waals surface area contributed by atoms with Gasteiger partial charge in [-0.05, 0) is 196 Å². The molecule has 38 heteroatoms. The molecule has 0 amide bonds. The molecule has 1 heterocycles. The maximum absolute atomic E-state index is 11.3. The van der Waals surface area contributed by atoms with Crippen molar-refractivity contribution in [2.45, 2.75) is 70.5 Å². The van der Waals surface area contributed by atoms with Crippen LogP contribution in [0.2, 0.25) is 20.1 Å². The van der Waals surface area contributed by atoms with Crippen molar-refractivity contribution in [3.63, 3.8) is 0 Å². The van der Waals surface area contributed by atoms with Crippen LogP contribution in [-0.2, 0) is 97.9 Å². The molecule has 0 radical (unpaired) electrons. The number of halogens is 7. The Hall–Kier alpha value is -14.6. The van der Waals surface area contributed by atoms with E-state index in [1.807, 2.05) is 73.7 Å². The predicted octanol–water partition coefficient (Wildman–Crippen LogP) is 12.8.